The number of hydrogen-bond acceptors (Lipinski definition) is 8. The summed E-state index contributed by atoms with van der Waals surface area (Å²) in [5.41, 5.74) is 1.40. The highest BCUT2D eigenvalue weighted by atomic mass is 16.5. The molecule has 1 aliphatic rings. The van der Waals surface area contributed by atoms with Crippen molar-refractivity contribution in [3.8, 4) is 28.7 Å². The number of aliphatic hydroxyl groups excluding tert-OH is 1. The van der Waals surface area contributed by atoms with Crippen molar-refractivity contribution in [3.05, 3.63) is 53.3 Å². The SMILES string of the molecule is COc1cc(CC2C(=O)OC=C2[C@H](O)c2ccc(OC(C)C)c(O)c2)cc(OC)c1O. The molecule has 0 saturated heterocycles. The zero-order chi connectivity index (χ0) is 22.7. The van der Waals surface area contributed by atoms with E-state index in [1.807, 2.05) is 13.8 Å². The number of cyclic esters (lactones) is 1. The Morgan fingerprint density at radius 2 is 1.68 bits per heavy atom. The Bertz CT molecular complexity index is 970. The third-order valence-corrected chi connectivity index (χ3v) is 4.95. The smallest absolute Gasteiger partial charge is 0.318 e. The summed E-state index contributed by atoms with van der Waals surface area (Å²) < 4.78 is 20.9. The van der Waals surface area contributed by atoms with Crippen molar-refractivity contribution in [3.63, 3.8) is 0 Å². The Balaban J connectivity index is 1.86. The second kappa shape index (κ2) is 9.18. The van der Waals surface area contributed by atoms with Gasteiger partial charge in [-0.25, -0.2) is 0 Å². The molecule has 3 N–H and O–H groups in total. The van der Waals surface area contributed by atoms with Crippen LogP contribution in [0.3, 0.4) is 0 Å². The Morgan fingerprint density at radius 1 is 1.03 bits per heavy atom. The molecule has 0 aromatic heterocycles. The molecular formula is C23H26O8. The lowest BCUT2D eigenvalue weighted by Crippen LogP contribution is -2.18. The number of phenols is 2. The molecule has 2 atom stereocenters. The molecule has 1 aliphatic heterocycles. The molecule has 1 unspecified atom stereocenters. The summed E-state index contributed by atoms with van der Waals surface area (Å²) in [6, 6.07) is 7.77. The van der Waals surface area contributed by atoms with Gasteiger partial charge in [-0.05, 0) is 55.7 Å². The number of aliphatic hydroxyl groups is 1. The van der Waals surface area contributed by atoms with E-state index in [-0.39, 0.29) is 35.5 Å². The van der Waals surface area contributed by atoms with Crippen molar-refractivity contribution >= 4 is 5.97 Å². The first-order valence-electron chi connectivity index (χ1n) is 9.77. The first-order valence-corrected chi connectivity index (χ1v) is 9.77. The fraction of sp³-hybridized carbons (Fsp3) is 0.348. The fourth-order valence-corrected chi connectivity index (χ4v) is 3.43. The van der Waals surface area contributed by atoms with Gasteiger partial charge in [-0.15, -0.1) is 0 Å². The van der Waals surface area contributed by atoms with Crippen LogP contribution in [0.2, 0.25) is 0 Å². The molecular weight excluding hydrogens is 404 g/mol. The minimum absolute atomic E-state index is 0.111. The lowest BCUT2D eigenvalue weighted by molar-refractivity contribution is -0.139. The van der Waals surface area contributed by atoms with Crippen LogP contribution in [-0.4, -0.2) is 41.6 Å². The van der Waals surface area contributed by atoms with Gasteiger partial charge in [-0.1, -0.05) is 6.07 Å². The zero-order valence-corrected chi connectivity index (χ0v) is 17.8. The van der Waals surface area contributed by atoms with E-state index in [2.05, 4.69) is 0 Å². The maximum atomic E-state index is 12.4. The number of phenolic OH excluding ortho intramolecular Hbond substituents is 2. The van der Waals surface area contributed by atoms with Gasteiger partial charge in [0.1, 0.15) is 6.10 Å². The Morgan fingerprint density at radius 3 is 2.23 bits per heavy atom. The van der Waals surface area contributed by atoms with Crippen molar-refractivity contribution in [2.75, 3.05) is 14.2 Å². The van der Waals surface area contributed by atoms with Gasteiger partial charge in [0.2, 0.25) is 5.75 Å². The monoisotopic (exact) mass is 430 g/mol. The second-order valence-corrected chi connectivity index (χ2v) is 7.46. The molecule has 0 aliphatic carbocycles. The van der Waals surface area contributed by atoms with Gasteiger partial charge in [0, 0.05) is 5.57 Å². The standard InChI is InChI=1S/C23H26O8/c1-12(2)31-18-6-5-14(10-17(18)24)21(25)16-11-30-23(27)15(16)7-13-8-19(28-3)22(26)20(9-13)29-4/h5-6,8-12,15,21,24-26H,7H2,1-4H3/t15?,21-/m1/s1. The minimum Gasteiger partial charge on any atom is -0.504 e. The van der Waals surface area contributed by atoms with Gasteiger partial charge in [0.05, 0.1) is 32.5 Å². The Labute approximate surface area is 180 Å². The van der Waals surface area contributed by atoms with Crippen LogP contribution < -0.4 is 14.2 Å². The summed E-state index contributed by atoms with van der Waals surface area (Å²) in [5, 5.41) is 31.2. The molecule has 0 bridgehead atoms. The predicted octanol–water partition coefficient (Wildman–Crippen LogP) is 3.24. The number of carbonyl (C=O) groups excluding carboxylic acids is 1. The van der Waals surface area contributed by atoms with Gasteiger partial charge in [0.15, 0.2) is 23.0 Å². The maximum Gasteiger partial charge on any atom is 0.318 e. The average molecular weight is 430 g/mol. The summed E-state index contributed by atoms with van der Waals surface area (Å²) in [7, 11) is 2.83. The quantitative estimate of drug-likeness (QED) is 0.547. The summed E-state index contributed by atoms with van der Waals surface area (Å²) in [5.74, 6) is -0.807. The molecule has 0 radical (unpaired) electrons. The van der Waals surface area contributed by atoms with Gasteiger partial charge in [-0.2, -0.15) is 0 Å². The van der Waals surface area contributed by atoms with E-state index in [1.165, 1.54) is 26.5 Å². The van der Waals surface area contributed by atoms with E-state index in [0.717, 1.165) is 0 Å². The first kappa shape index (κ1) is 22.3. The molecule has 0 saturated carbocycles. The molecule has 3 rings (SSSR count). The highest BCUT2D eigenvalue weighted by Crippen LogP contribution is 2.41. The lowest BCUT2D eigenvalue weighted by Gasteiger charge is -2.19. The number of carbonyl (C=O) groups is 1. The van der Waals surface area contributed by atoms with Gasteiger partial charge in [0.25, 0.3) is 0 Å². The minimum atomic E-state index is -1.17. The topological polar surface area (TPSA) is 115 Å². The number of methoxy groups -OCH3 is 2. The number of rotatable bonds is 8. The number of hydrogen-bond donors (Lipinski definition) is 3. The summed E-state index contributed by atoms with van der Waals surface area (Å²) >= 11 is 0. The highest BCUT2D eigenvalue weighted by molar-refractivity contribution is 5.80. The van der Waals surface area contributed by atoms with Crippen LogP contribution >= 0.6 is 0 Å². The number of esters is 1. The second-order valence-electron chi connectivity index (χ2n) is 7.46. The van der Waals surface area contributed by atoms with Crippen molar-refractivity contribution in [1.82, 2.24) is 0 Å². The number of aromatic hydroxyl groups is 2. The number of ether oxygens (including phenoxy) is 4. The molecule has 2 aromatic carbocycles. The largest absolute Gasteiger partial charge is 0.504 e. The molecule has 8 nitrogen and oxygen atoms in total. The van der Waals surface area contributed by atoms with E-state index in [0.29, 0.717) is 22.4 Å². The maximum absolute atomic E-state index is 12.4. The van der Waals surface area contributed by atoms with Crippen LogP contribution in [0.25, 0.3) is 0 Å². The first-order chi connectivity index (χ1) is 14.7. The van der Waals surface area contributed by atoms with Gasteiger partial charge >= 0.3 is 5.97 Å². The lowest BCUT2D eigenvalue weighted by atomic mass is 9.87. The molecule has 2 aromatic rings. The van der Waals surface area contributed by atoms with Crippen LogP contribution in [0.1, 0.15) is 31.1 Å². The summed E-state index contributed by atoms with van der Waals surface area (Å²) in [6.07, 6.45) is 0.141. The third-order valence-electron chi connectivity index (χ3n) is 4.95. The molecule has 166 valence electrons. The van der Waals surface area contributed by atoms with Crippen LogP contribution in [0.15, 0.2) is 42.2 Å². The normalized spacial score (nSPS) is 16.6. The molecule has 0 amide bonds. The van der Waals surface area contributed by atoms with Crippen LogP contribution in [-0.2, 0) is 16.0 Å². The van der Waals surface area contributed by atoms with Gasteiger partial charge < -0.3 is 34.3 Å². The number of benzene rings is 2. The summed E-state index contributed by atoms with van der Waals surface area (Å²) in [4.78, 5) is 12.4. The fourth-order valence-electron chi connectivity index (χ4n) is 3.43. The van der Waals surface area contributed by atoms with Crippen molar-refractivity contribution in [2.45, 2.75) is 32.5 Å². The summed E-state index contributed by atoms with van der Waals surface area (Å²) in [6.45, 7) is 3.68. The highest BCUT2D eigenvalue weighted by Gasteiger charge is 2.35. The molecule has 31 heavy (non-hydrogen) atoms. The van der Waals surface area contributed by atoms with E-state index < -0.39 is 18.0 Å². The van der Waals surface area contributed by atoms with E-state index in [9.17, 15) is 20.1 Å². The molecule has 0 fully saturated rings. The van der Waals surface area contributed by atoms with Crippen molar-refractivity contribution < 1.29 is 39.1 Å². The van der Waals surface area contributed by atoms with E-state index >= 15 is 0 Å². The van der Waals surface area contributed by atoms with Gasteiger partial charge in [-0.3, -0.25) is 4.79 Å². The van der Waals surface area contributed by atoms with Crippen LogP contribution in [0, 0.1) is 5.92 Å². The Hall–Kier alpha value is -3.39. The molecule has 8 heteroatoms. The predicted molar refractivity (Wildman–Crippen MR) is 111 cm³/mol. The zero-order valence-electron chi connectivity index (χ0n) is 17.8. The van der Waals surface area contributed by atoms with Crippen LogP contribution in [0.4, 0.5) is 0 Å². The van der Waals surface area contributed by atoms with E-state index in [1.54, 1.807) is 24.3 Å². The molecule has 0 spiro atoms. The van der Waals surface area contributed by atoms with E-state index in [4.69, 9.17) is 18.9 Å². The Kier molecular flexibility index (Phi) is 6.60. The van der Waals surface area contributed by atoms with Crippen molar-refractivity contribution in [2.24, 2.45) is 5.92 Å². The third kappa shape index (κ3) is 4.69. The van der Waals surface area contributed by atoms with Crippen molar-refractivity contribution in [1.29, 1.82) is 0 Å². The van der Waals surface area contributed by atoms with Crippen LogP contribution in [0.5, 0.6) is 28.7 Å². The molecule has 1 heterocycles. The average Bonchev–Trinajstić information content (AvgIpc) is 3.09.